The van der Waals surface area contributed by atoms with Crippen molar-refractivity contribution in [2.24, 2.45) is 16.7 Å². The molecule has 4 aromatic carbocycles. The molecule has 4 aromatic rings. The fraction of sp³-hybridized carbons (Fsp3) is 0.265. The van der Waals surface area contributed by atoms with E-state index in [-0.39, 0.29) is 10.8 Å². The summed E-state index contributed by atoms with van der Waals surface area (Å²) in [5, 5.41) is 5.62. The maximum Gasteiger partial charge on any atom is 0.140 e. The Labute approximate surface area is 223 Å². The van der Waals surface area contributed by atoms with Gasteiger partial charge in [-0.3, -0.25) is 4.79 Å². The predicted octanol–water partition coefficient (Wildman–Crippen LogP) is 6.63. The van der Waals surface area contributed by atoms with Gasteiger partial charge in [0.05, 0.1) is 0 Å². The maximum absolute atomic E-state index is 14.0. The van der Waals surface area contributed by atoms with Gasteiger partial charge in [-0.05, 0) is 73.6 Å². The van der Waals surface area contributed by atoms with Crippen LogP contribution in [0.3, 0.4) is 0 Å². The highest BCUT2D eigenvalue weighted by molar-refractivity contribution is 7.73. The molecule has 0 N–H and O–H groups in total. The predicted molar refractivity (Wildman–Crippen MR) is 161 cm³/mol. The van der Waals surface area contributed by atoms with Gasteiger partial charge in [-0.15, -0.1) is 0 Å². The quantitative estimate of drug-likeness (QED) is 0.239. The first-order chi connectivity index (χ1) is 18.1. The Morgan fingerprint density at radius 3 is 1.38 bits per heavy atom. The van der Waals surface area contributed by atoms with Crippen LogP contribution in [0.1, 0.15) is 26.2 Å². The Balaban J connectivity index is 1.42. The van der Waals surface area contributed by atoms with E-state index in [0.717, 1.165) is 25.2 Å². The van der Waals surface area contributed by atoms with Crippen LogP contribution in [0.2, 0.25) is 0 Å². The van der Waals surface area contributed by atoms with E-state index in [0.29, 0.717) is 11.7 Å². The van der Waals surface area contributed by atoms with Crippen molar-refractivity contribution >= 4 is 42.8 Å². The molecule has 0 unspecified atom stereocenters. The van der Waals surface area contributed by atoms with Gasteiger partial charge < -0.3 is 0 Å². The lowest BCUT2D eigenvalue weighted by atomic mass is 9.70. The van der Waals surface area contributed by atoms with Gasteiger partial charge in [-0.2, -0.15) is 0 Å². The van der Waals surface area contributed by atoms with Gasteiger partial charge in [-0.25, -0.2) is 0 Å². The SMILES string of the molecule is C[C@@]1(CP(c2ccccc2)c2ccccc2)[C@@H]2CC[C@@]1(CP(c1ccccc1)c1ccccc1)C(=O)C2. The minimum atomic E-state index is -0.622. The topological polar surface area (TPSA) is 17.1 Å². The van der Waals surface area contributed by atoms with E-state index in [1.807, 2.05) is 0 Å². The van der Waals surface area contributed by atoms with E-state index < -0.39 is 15.8 Å². The smallest absolute Gasteiger partial charge is 0.140 e. The Morgan fingerprint density at radius 2 is 1.00 bits per heavy atom. The average molecular weight is 521 g/mol. The van der Waals surface area contributed by atoms with Crippen LogP contribution in [0.4, 0.5) is 0 Å². The summed E-state index contributed by atoms with van der Waals surface area (Å²) in [5.41, 5.74) is -0.245. The molecule has 1 nitrogen and oxygen atoms in total. The molecule has 0 radical (unpaired) electrons. The fourth-order valence-corrected chi connectivity index (χ4v) is 12.8. The number of rotatable bonds is 8. The number of ketones is 1. The molecule has 0 aromatic heterocycles. The van der Waals surface area contributed by atoms with Crippen LogP contribution in [0.15, 0.2) is 121 Å². The second-order valence-corrected chi connectivity index (χ2v) is 15.3. The number of hydrogen-bond acceptors (Lipinski definition) is 1. The number of benzene rings is 4. The van der Waals surface area contributed by atoms with Crippen molar-refractivity contribution in [3.63, 3.8) is 0 Å². The Morgan fingerprint density at radius 1 is 0.622 bits per heavy atom. The molecule has 0 amide bonds. The first kappa shape index (κ1) is 24.7. The molecule has 0 heterocycles. The van der Waals surface area contributed by atoms with Crippen LogP contribution < -0.4 is 21.2 Å². The zero-order valence-electron chi connectivity index (χ0n) is 21.5. The number of hydrogen-bond donors (Lipinski definition) is 0. The Kier molecular flexibility index (Phi) is 6.88. The third kappa shape index (κ3) is 4.41. The van der Waals surface area contributed by atoms with Crippen LogP contribution in [-0.4, -0.2) is 18.1 Å². The van der Waals surface area contributed by atoms with Gasteiger partial charge in [0.1, 0.15) is 5.78 Å². The summed E-state index contributed by atoms with van der Waals surface area (Å²) in [6, 6.07) is 44.0. The summed E-state index contributed by atoms with van der Waals surface area (Å²) in [7, 11) is -1.17. The van der Waals surface area contributed by atoms with Gasteiger partial charge in [0, 0.05) is 11.8 Å². The molecule has 37 heavy (non-hydrogen) atoms. The number of Topliss-reactive ketones (excluding diaryl/α,β-unsaturated/α-hetero) is 1. The van der Waals surface area contributed by atoms with E-state index in [2.05, 4.69) is 128 Å². The average Bonchev–Trinajstić information content (AvgIpc) is 3.34. The number of carbonyl (C=O) groups is 1. The molecule has 3 atom stereocenters. The van der Waals surface area contributed by atoms with Crippen molar-refractivity contribution in [2.45, 2.75) is 26.2 Å². The van der Waals surface area contributed by atoms with Gasteiger partial charge in [-0.1, -0.05) is 128 Å². The highest BCUT2D eigenvalue weighted by atomic mass is 31.1. The largest absolute Gasteiger partial charge is 0.299 e. The lowest BCUT2D eigenvalue weighted by Gasteiger charge is -2.44. The summed E-state index contributed by atoms with van der Waals surface area (Å²) in [6.45, 7) is 2.49. The zero-order chi connectivity index (χ0) is 25.3. The second kappa shape index (κ2) is 10.3. The van der Waals surface area contributed by atoms with E-state index in [1.165, 1.54) is 27.6 Å². The third-order valence-electron chi connectivity index (χ3n) is 9.07. The molecule has 2 bridgehead atoms. The fourth-order valence-electron chi connectivity index (χ4n) is 6.94. The number of carbonyl (C=O) groups excluding carboxylic acids is 1. The third-order valence-corrected chi connectivity index (χ3v) is 14.6. The van der Waals surface area contributed by atoms with Crippen molar-refractivity contribution in [3.05, 3.63) is 121 Å². The Bertz CT molecular complexity index is 1260. The molecular weight excluding hydrogens is 486 g/mol. The highest BCUT2D eigenvalue weighted by Crippen LogP contribution is 2.69. The molecule has 2 fully saturated rings. The van der Waals surface area contributed by atoms with Crippen LogP contribution >= 0.6 is 15.8 Å². The van der Waals surface area contributed by atoms with Crippen LogP contribution in [0.25, 0.3) is 0 Å². The lowest BCUT2D eigenvalue weighted by Crippen LogP contribution is -2.45. The van der Waals surface area contributed by atoms with Gasteiger partial charge in [0.15, 0.2) is 0 Å². The van der Waals surface area contributed by atoms with E-state index >= 15 is 0 Å². The summed E-state index contributed by atoms with van der Waals surface area (Å²) < 4.78 is 0. The van der Waals surface area contributed by atoms with Gasteiger partial charge >= 0.3 is 0 Å². The summed E-state index contributed by atoms with van der Waals surface area (Å²) in [5.74, 6) is 1.02. The monoisotopic (exact) mass is 520 g/mol. The van der Waals surface area contributed by atoms with Crippen molar-refractivity contribution in [1.29, 1.82) is 0 Å². The molecule has 3 heteroatoms. The van der Waals surface area contributed by atoms with Crippen LogP contribution in [-0.2, 0) is 4.79 Å². The summed E-state index contributed by atoms with van der Waals surface area (Å²) >= 11 is 0. The molecule has 2 saturated carbocycles. The Hall–Kier alpha value is -2.59. The first-order valence-corrected chi connectivity index (χ1v) is 16.4. The van der Waals surface area contributed by atoms with E-state index in [1.54, 1.807) is 0 Å². The lowest BCUT2D eigenvalue weighted by molar-refractivity contribution is -0.127. The molecule has 0 aliphatic heterocycles. The van der Waals surface area contributed by atoms with Crippen molar-refractivity contribution < 1.29 is 4.79 Å². The molecule has 2 aliphatic carbocycles. The molecule has 186 valence electrons. The summed E-state index contributed by atoms with van der Waals surface area (Å²) in [4.78, 5) is 14.0. The highest BCUT2D eigenvalue weighted by Gasteiger charge is 2.66. The standard InChI is InChI=1S/C34H34OP2/c1-33(25-36(28-14-6-2-7-15-28)29-16-8-3-9-17-29)27-22-23-34(33,32(35)24-27)26-37(30-18-10-4-11-19-30)31-20-12-5-13-21-31/h2-21,27H,22-26H2,1H3/t27-,33-,34-/m1/s1. The van der Waals surface area contributed by atoms with E-state index in [4.69, 9.17) is 0 Å². The molecule has 0 saturated heterocycles. The van der Waals surface area contributed by atoms with Gasteiger partial charge in [0.25, 0.3) is 0 Å². The van der Waals surface area contributed by atoms with Crippen LogP contribution in [0.5, 0.6) is 0 Å². The molecule has 0 spiro atoms. The van der Waals surface area contributed by atoms with Crippen LogP contribution in [0, 0.1) is 16.7 Å². The normalized spacial score (nSPS) is 24.7. The molecule has 6 rings (SSSR count). The first-order valence-electron chi connectivity index (χ1n) is 13.4. The van der Waals surface area contributed by atoms with Crippen molar-refractivity contribution in [2.75, 3.05) is 12.3 Å². The number of fused-ring (bicyclic) bond motifs is 2. The van der Waals surface area contributed by atoms with Crippen molar-refractivity contribution in [1.82, 2.24) is 0 Å². The minimum absolute atomic E-state index is 0.00557. The van der Waals surface area contributed by atoms with Crippen molar-refractivity contribution in [3.8, 4) is 0 Å². The zero-order valence-corrected chi connectivity index (χ0v) is 23.3. The minimum Gasteiger partial charge on any atom is -0.299 e. The second-order valence-electron chi connectivity index (χ2n) is 10.9. The summed E-state index contributed by atoms with van der Waals surface area (Å²) in [6.07, 6.45) is 5.03. The maximum atomic E-state index is 14.0. The van der Waals surface area contributed by atoms with E-state index in [9.17, 15) is 4.79 Å². The molecule has 2 aliphatic rings. The van der Waals surface area contributed by atoms with Gasteiger partial charge in [0.2, 0.25) is 0 Å². The molecular formula is C34H34OP2.